The van der Waals surface area contributed by atoms with Crippen molar-refractivity contribution in [2.75, 3.05) is 0 Å². The number of hydrogen-bond acceptors (Lipinski definition) is 1. The molecule has 1 aromatic carbocycles. The summed E-state index contributed by atoms with van der Waals surface area (Å²) in [5.41, 5.74) is 3.55. The molecule has 0 amide bonds. The number of unbranched alkanes of at least 4 members (excludes halogenated alkanes) is 2. The first-order valence-electron chi connectivity index (χ1n) is 6.80. The van der Waals surface area contributed by atoms with Crippen LogP contribution in [0.4, 0.5) is 0 Å². The molecule has 17 heavy (non-hydrogen) atoms. The van der Waals surface area contributed by atoms with Gasteiger partial charge in [0, 0.05) is 0 Å². The maximum Gasteiger partial charge on any atom is 0.0815 e. The van der Waals surface area contributed by atoms with Crippen molar-refractivity contribution in [1.29, 1.82) is 0 Å². The Balaban J connectivity index is 2.64. The minimum Gasteiger partial charge on any atom is -0.388 e. The monoisotopic (exact) mass is 234 g/mol. The summed E-state index contributed by atoms with van der Waals surface area (Å²) in [5.74, 6) is 0.350. The molecule has 1 nitrogen and oxygen atoms in total. The van der Waals surface area contributed by atoms with Crippen LogP contribution in [-0.2, 0) is 0 Å². The molecule has 1 heteroatoms. The fraction of sp³-hybridized carbons (Fsp3) is 0.625. The highest BCUT2D eigenvalue weighted by molar-refractivity contribution is 5.30. The number of aliphatic hydroxyl groups is 1. The van der Waals surface area contributed by atoms with Crippen LogP contribution in [0.15, 0.2) is 18.2 Å². The molecule has 0 saturated heterocycles. The van der Waals surface area contributed by atoms with Gasteiger partial charge in [-0.3, -0.25) is 0 Å². The molecule has 2 atom stereocenters. The minimum absolute atomic E-state index is 0.314. The van der Waals surface area contributed by atoms with E-state index in [-0.39, 0.29) is 6.10 Å². The molecular weight excluding hydrogens is 208 g/mol. The number of rotatable bonds is 6. The SMILES string of the molecule is CCCCCC(C)C(O)c1cc(C)cc(C)c1. The third-order valence-corrected chi connectivity index (χ3v) is 3.39. The van der Waals surface area contributed by atoms with E-state index >= 15 is 0 Å². The summed E-state index contributed by atoms with van der Waals surface area (Å²) in [6.07, 6.45) is 4.53. The third kappa shape index (κ3) is 4.51. The molecule has 0 heterocycles. The summed E-state index contributed by atoms with van der Waals surface area (Å²) >= 11 is 0. The van der Waals surface area contributed by atoms with E-state index in [1.807, 2.05) is 0 Å². The Bertz CT molecular complexity index is 323. The second-order valence-corrected chi connectivity index (χ2v) is 5.34. The van der Waals surface area contributed by atoms with Crippen molar-refractivity contribution >= 4 is 0 Å². The summed E-state index contributed by atoms with van der Waals surface area (Å²) < 4.78 is 0. The first-order valence-corrected chi connectivity index (χ1v) is 6.80. The van der Waals surface area contributed by atoms with Gasteiger partial charge in [0.2, 0.25) is 0 Å². The highest BCUT2D eigenvalue weighted by Crippen LogP contribution is 2.27. The van der Waals surface area contributed by atoms with Crippen molar-refractivity contribution in [3.63, 3.8) is 0 Å². The smallest absolute Gasteiger partial charge is 0.0815 e. The van der Waals surface area contributed by atoms with Gasteiger partial charge >= 0.3 is 0 Å². The van der Waals surface area contributed by atoms with E-state index in [2.05, 4.69) is 45.9 Å². The lowest BCUT2D eigenvalue weighted by Gasteiger charge is -2.20. The van der Waals surface area contributed by atoms with E-state index < -0.39 is 0 Å². The van der Waals surface area contributed by atoms with Crippen molar-refractivity contribution in [2.45, 2.75) is 59.5 Å². The van der Waals surface area contributed by atoms with Gasteiger partial charge in [-0.15, -0.1) is 0 Å². The lowest BCUT2D eigenvalue weighted by molar-refractivity contribution is 0.111. The fourth-order valence-corrected chi connectivity index (χ4v) is 2.38. The highest BCUT2D eigenvalue weighted by Gasteiger charge is 2.16. The van der Waals surface area contributed by atoms with Crippen LogP contribution in [0.25, 0.3) is 0 Å². The fourth-order valence-electron chi connectivity index (χ4n) is 2.38. The van der Waals surface area contributed by atoms with Gasteiger partial charge in [0.05, 0.1) is 6.10 Å². The molecule has 0 aliphatic heterocycles. The van der Waals surface area contributed by atoms with E-state index in [1.165, 1.54) is 30.4 Å². The zero-order valence-corrected chi connectivity index (χ0v) is 11.7. The van der Waals surface area contributed by atoms with E-state index in [0.717, 1.165) is 12.0 Å². The highest BCUT2D eigenvalue weighted by atomic mass is 16.3. The predicted octanol–water partition coefficient (Wildman–Crippen LogP) is 4.55. The summed E-state index contributed by atoms with van der Waals surface area (Å²) in [7, 11) is 0. The Morgan fingerprint density at radius 1 is 1.06 bits per heavy atom. The number of benzene rings is 1. The zero-order valence-electron chi connectivity index (χ0n) is 11.7. The average Bonchev–Trinajstić information content (AvgIpc) is 2.27. The molecule has 0 spiro atoms. The molecule has 0 aromatic heterocycles. The van der Waals surface area contributed by atoms with Gasteiger partial charge < -0.3 is 5.11 Å². The van der Waals surface area contributed by atoms with Crippen LogP contribution < -0.4 is 0 Å². The standard InChI is InChI=1S/C16H26O/c1-5-6-7-8-14(4)16(17)15-10-12(2)9-13(3)11-15/h9-11,14,16-17H,5-8H2,1-4H3. The lowest BCUT2D eigenvalue weighted by Crippen LogP contribution is -2.09. The van der Waals surface area contributed by atoms with Crippen molar-refractivity contribution in [3.05, 3.63) is 34.9 Å². The van der Waals surface area contributed by atoms with E-state index in [4.69, 9.17) is 0 Å². The summed E-state index contributed by atoms with van der Waals surface area (Å²) in [5, 5.41) is 10.3. The molecule has 1 N–H and O–H groups in total. The van der Waals surface area contributed by atoms with Crippen LogP contribution in [-0.4, -0.2) is 5.11 Å². The quantitative estimate of drug-likeness (QED) is 0.716. The van der Waals surface area contributed by atoms with Gasteiger partial charge in [0.25, 0.3) is 0 Å². The van der Waals surface area contributed by atoms with Crippen LogP contribution >= 0.6 is 0 Å². The molecule has 0 aliphatic rings. The Morgan fingerprint density at radius 3 is 2.18 bits per heavy atom. The maximum absolute atomic E-state index is 10.3. The summed E-state index contributed by atoms with van der Waals surface area (Å²) in [4.78, 5) is 0. The number of hydrogen-bond donors (Lipinski definition) is 1. The van der Waals surface area contributed by atoms with Gasteiger partial charge in [-0.1, -0.05) is 62.4 Å². The maximum atomic E-state index is 10.3. The van der Waals surface area contributed by atoms with Crippen molar-refractivity contribution in [2.24, 2.45) is 5.92 Å². The second-order valence-electron chi connectivity index (χ2n) is 5.34. The third-order valence-electron chi connectivity index (χ3n) is 3.39. The molecule has 0 radical (unpaired) electrons. The van der Waals surface area contributed by atoms with Gasteiger partial charge in [-0.25, -0.2) is 0 Å². The lowest BCUT2D eigenvalue weighted by atomic mass is 9.91. The van der Waals surface area contributed by atoms with Crippen LogP contribution in [0.3, 0.4) is 0 Å². The van der Waals surface area contributed by atoms with Crippen LogP contribution in [0.5, 0.6) is 0 Å². The minimum atomic E-state index is -0.314. The molecule has 0 aliphatic carbocycles. The first kappa shape index (κ1) is 14.2. The molecule has 1 rings (SSSR count). The van der Waals surface area contributed by atoms with E-state index in [9.17, 15) is 5.11 Å². The van der Waals surface area contributed by atoms with Crippen molar-refractivity contribution < 1.29 is 5.11 Å². The number of aryl methyl sites for hydroxylation is 2. The largest absolute Gasteiger partial charge is 0.388 e. The first-order chi connectivity index (χ1) is 8.04. The van der Waals surface area contributed by atoms with Crippen LogP contribution in [0.2, 0.25) is 0 Å². The van der Waals surface area contributed by atoms with Gasteiger partial charge in [-0.2, -0.15) is 0 Å². The molecular formula is C16H26O. The van der Waals surface area contributed by atoms with E-state index in [1.54, 1.807) is 0 Å². The molecule has 0 saturated carbocycles. The molecule has 0 bridgehead atoms. The Kier molecular flexibility index (Phi) is 5.70. The molecule has 1 aromatic rings. The molecule has 0 fully saturated rings. The Labute approximate surface area is 106 Å². The number of aliphatic hydroxyl groups excluding tert-OH is 1. The summed E-state index contributed by atoms with van der Waals surface area (Å²) in [6.45, 7) is 8.54. The Morgan fingerprint density at radius 2 is 1.65 bits per heavy atom. The van der Waals surface area contributed by atoms with Crippen LogP contribution in [0, 0.1) is 19.8 Å². The topological polar surface area (TPSA) is 20.2 Å². The van der Waals surface area contributed by atoms with Gasteiger partial charge in [0.15, 0.2) is 0 Å². The van der Waals surface area contributed by atoms with Crippen LogP contribution in [0.1, 0.15) is 62.3 Å². The zero-order chi connectivity index (χ0) is 12.8. The van der Waals surface area contributed by atoms with Gasteiger partial charge in [-0.05, 0) is 31.7 Å². The van der Waals surface area contributed by atoms with Crippen molar-refractivity contribution in [1.82, 2.24) is 0 Å². The van der Waals surface area contributed by atoms with Gasteiger partial charge in [0.1, 0.15) is 0 Å². The molecule has 96 valence electrons. The Hall–Kier alpha value is -0.820. The second kappa shape index (κ2) is 6.80. The normalized spacial score (nSPS) is 14.6. The molecule has 2 unspecified atom stereocenters. The average molecular weight is 234 g/mol. The summed E-state index contributed by atoms with van der Waals surface area (Å²) in [6, 6.07) is 6.36. The van der Waals surface area contributed by atoms with E-state index in [0.29, 0.717) is 5.92 Å². The van der Waals surface area contributed by atoms with Crippen molar-refractivity contribution in [3.8, 4) is 0 Å². The predicted molar refractivity (Wildman–Crippen MR) is 74.2 cm³/mol.